The molecule has 2 amide bonds. The second-order valence-electron chi connectivity index (χ2n) is 7.17. The van der Waals surface area contributed by atoms with E-state index in [0.29, 0.717) is 48.8 Å². The van der Waals surface area contributed by atoms with Crippen molar-refractivity contribution < 1.29 is 14.3 Å². The highest BCUT2D eigenvalue weighted by atomic mass is 32.2. The third-order valence-electron chi connectivity index (χ3n) is 5.17. The molecule has 0 atom stereocenters. The van der Waals surface area contributed by atoms with Crippen LogP contribution in [0.1, 0.15) is 25.8 Å². The zero-order chi connectivity index (χ0) is 20.4. The van der Waals surface area contributed by atoms with E-state index in [4.69, 9.17) is 4.74 Å². The van der Waals surface area contributed by atoms with Crippen LogP contribution in [0.15, 0.2) is 34.2 Å². The van der Waals surface area contributed by atoms with Gasteiger partial charge in [0.05, 0.1) is 23.3 Å². The predicted molar refractivity (Wildman–Crippen MR) is 110 cm³/mol. The third kappa shape index (κ3) is 4.24. The maximum Gasteiger partial charge on any atom is 0.409 e. The van der Waals surface area contributed by atoms with Crippen molar-refractivity contribution in [2.24, 2.45) is 0 Å². The second kappa shape index (κ2) is 8.44. The first-order valence-corrected chi connectivity index (χ1v) is 10.9. The van der Waals surface area contributed by atoms with Gasteiger partial charge in [0.1, 0.15) is 0 Å². The molecule has 0 unspecified atom stereocenters. The number of ether oxygens (including phenoxy) is 1. The van der Waals surface area contributed by atoms with Crippen molar-refractivity contribution in [3.8, 4) is 0 Å². The lowest BCUT2D eigenvalue weighted by molar-refractivity contribution is -0.129. The molecular weight excluding hydrogens is 392 g/mol. The molecule has 0 bridgehead atoms. The number of carbonyl (C=O) groups is 2. The van der Waals surface area contributed by atoms with Crippen molar-refractivity contribution in [2.75, 3.05) is 38.5 Å². The van der Waals surface area contributed by atoms with Gasteiger partial charge in [0.15, 0.2) is 5.16 Å². The van der Waals surface area contributed by atoms with Gasteiger partial charge in [-0.25, -0.2) is 9.78 Å². The molecule has 0 N–H and O–H groups in total. The first-order valence-electron chi connectivity index (χ1n) is 9.92. The summed E-state index contributed by atoms with van der Waals surface area (Å²) in [5.74, 6) is 0.208. The van der Waals surface area contributed by atoms with Gasteiger partial charge in [-0.3, -0.25) is 14.2 Å². The van der Waals surface area contributed by atoms with Gasteiger partial charge in [-0.2, -0.15) is 0 Å². The molecule has 29 heavy (non-hydrogen) atoms. The van der Waals surface area contributed by atoms with Crippen LogP contribution in [0.2, 0.25) is 0 Å². The van der Waals surface area contributed by atoms with Crippen LogP contribution in [-0.2, 0) is 9.53 Å². The average Bonchev–Trinajstić information content (AvgIpc) is 3.57. The Morgan fingerprint density at radius 3 is 2.52 bits per heavy atom. The van der Waals surface area contributed by atoms with Gasteiger partial charge in [0.25, 0.3) is 5.56 Å². The normalized spacial score (nSPS) is 16.9. The van der Waals surface area contributed by atoms with E-state index in [0.717, 1.165) is 12.8 Å². The fourth-order valence-electron chi connectivity index (χ4n) is 3.45. The van der Waals surface area contributed by atoms with Crippen molar-refractivity contribution in [1.82, 2.24) is 19.4 Å². The van der Waals surface area contributed by atoms with Crippen LogP contribution in [0, 0.1) is 0 Å². The molecule has 1 aliphatic carbocycles. The van der Waals surface area contributed by atoms with Gasteiger partial charge in [0.2, 0.25) is 5.91 Å². The Labute approximate surface area is 172 Å². The van der Waals surface area contributed by atoms with Crippen LogP contribution in [0.3, 0.4) is 0 Å². The summed E-state index contributed by atoms with van der Waals surface area (Å²) in [6, 6.07) is 7.51. The Morgan fingerprint density at radius 2 is 1.83 bits per heavy atom. The van der Waals surface area contributed by atoms with Gasteiger partial charge in [-0.1, -0.05) is 23.9 Å². The summed E-state index contributed by atoms with van der Waals surface area (Å²) in [5, 5.41) is 1.22. The van der Waals surface area contributed by atoms with Crippen molar-refractivity contribution in [3.63, 3.8) is 0 Å². The smallest absolute Gasteiger partial charge is 0.409 e. The van der Waals surface area contributed by atoms with E-state index < -0.39 is 0 Å². The van der Waals surface area contributed by atoms with Crippen LogP contribution in [0.25, 0.3) is 10.9 Å². The number of thioether (sulfide) groups is 1. The summed E-state index contributed by atoms with van der Waals surface area (Å²) < 4.78 is 6.76. The number of fused-ring (bicyclic) bond motifs is 1. The monoisotopic (exact) mass is 416 g/mol. The SMILES string of the molecule is CCOC(=O)N1CCN(C(=O)CSc2nc3ccccc3c(=O)n2C2CC2)CC1. The predicted octanol–water partition coefficient (Wildman–Crippen LogP) is 2.12. The van der Waals surface area contributed by atoms with Crippen LogP contribution >= 0.6 is 11.8 Å². The Hall–Kier alpha value is -2.55. The van der Waals surface area contributed by atoms with E-state index in [1.165, 1.54) is 11.8 Å². The number of para-hydroxylation sites is 1. The molecule has 2 aromatic rings. The fraction of sp³-hybridized carbons (Fsp3) is 0.500. The van der Waals surface area contributed by atoms with Crippen molar-refractivity contribution in [3.05, 3.63) is 34.6 Å². The van der Waals surface area contributed by atoms with Crippen LogP contribution in [-0.4, -0.2) is 69.9 Å². The maximum atomic E-state index is 12.9. The van der Waals surface area contributed by atoms with Crippen molar-refractivity contribution in [2.45, 2.75) is 31.0 Å². The second-order valence-corrected chi connectivity index (χ2v) is 8.12. The lowest BCUT2D eigenvalue weighted by Crippen LogP contribution is -2.51. The Balaban J connectivity index is 1.42. The Morgan fingerprint density at radius 1 is 1.14 bits per heavy atom. The summed E-state index contributed by atoms with van der Waals surface area (Å²) in [6.07, 6.45) is 1.61. The average molecular weight is 417 g/mol. The molecule has 9 heteroatoms. The van der Waals surface area contributed by atoms with E-state index >= 15 is 0 Å². The van der Waals surface area contributed by atoms with Crippen molar-refractivity contribution >= 4 is 34.7 Å². The molecule has 2 aliphatic rings. The van der Waals surface area contributed by atoms with Gasteiger partial charge in [-0.05, 0) is 31.9 Å². The molecule has 8 nitrogen and oxygen atoms in total. The largest absolute Gasteiger partial charge is 0.450 e. The van der Waals surface area contributed by atoms with E-state index in [9.17, 15) is 14.4 Å². The zero-order valence-electron chi connectivity index (χ0n) is 16.4. The minimum Gasteiger partial charge on any atom is -0.450 e. The van der Waals surface area contributed by atoms with Gasteiger partial charge >= 0.3 is 6.09 Å². The number of rotatable bonds is 5. The number of carbonyl (C=O) groups excluding carboxylic acids is 2. The summed E-state index contributed by atoms with van der Waals surface area (Å²) in [7, 11) is 0. The molecule has 1 aliphatic heterocycles. The molecule has 4 rings (SSSR count). The Kier molecular flexibility index (Phi) is 5.75. The third-order valence-corrected chi connectivity index (χ3v) is 6.11. The summed E-state index contributed by atoms with van der Waals surface area (Å²) in [4.78, 5) is 45.4. The standard InChI is InChI=1S/C20H24N4O4S/c1-2-28-20(27)23-11-9-22(10-12-23)17(25)13-29-19-21-16-6-4-3-5-15(16)18(26)24(19)14-7-8-14/h3-6,14H,2,7-13H2,1H3. The number of hydrogen-bond donors (Lipinski definition) is 0. The first-order chi connectivity index (χ1) is 14.1. The van der Waals surface area contributed by atoms with Crippen LogP contribution in [0.4, 0.5) is 4.79 Å². The van der Waals surface area contributed by atoms with E-state index in [1.807, 2.05) is 18.2 Å². The van der Waals surface area contributed by atoms with Gasteiger partial charge < -0.3 is 14.5 Å². The van der Waals surface area contributed by atoms with E-state index in [2.05, 4.69) is 4.98 Å². The molecule has 0 spiro atoms. The molecule has 154 valence electrons. The number of piperazine rings is 1. The van der Waals surface area contributed by atoms with E-state index in [-0.39, 0.29) is 29.4 Å². The quantitative estimate of drug-likeness (QED) is 0.548. The molecule has 1 aromatic heterocycles. The van der Waals surface area contributed by atoms with Crippen molar-refractivity contribution in [1.29, 1.82) is 0 Å². The molecule has 2 heterocycles. The van der Waals surface area contributed by atoms with Crippen LogP contribution in [0.5, 0.6) is 0 Å². The minimum absolute atomic E-state index is 0.0109. The number of nitrogens with zero attached hydrogens (tertiary/aromatic N) is 4. The lowest BCUT2D eigenvalue weighted by Gasteiger charge is -2.34. The number of hydrogen-bond acceptors (Lipinski definition) is 6. The highest BCUT2D eigenvalue weighted by Crippen LogP contribution is 2.36. The molecule has 1 aromatic carbocycles. The summed E-state index contributed by atoms with van der Waals surface area (Å²) >= 11 is 1.32. The Bertz CT molecular complexity index is 980. The number of aromatic nitrogens is 2. The van der Waals surface area contributed by atoms with E-state index in [1.54, 1.807) is 27.4 Å². The fourth-order valence-corrected chi connectivity index (χ4v) is 4.42. The summed E-state index contributed by atoms with van der Waals surface area (Å²) in [6.45, 7) is 4.02. The zero-order valence-corrected chi connectivity index (χ0v) is 17.2. The molecular formula is C20H24N4O4S. The minimum atomic E-state index is -0.331. The van der Waals surface area contributed by atoms with Gasteiger partial charge in [0, 0.05) is 32.2 Å². The maximum absolute atomic E-state index is 12.9. The topological polar surface area (TPSA) is 84.7 Å². The molecule has 2 fully saturated rings. The van der Waals surface area contributed by atoms with Crippen LogP contribution < -0.4 is 5.56 Å². The first kappa shape index (κ1) is 19.8. The molecule has 1 saturated heterocycles. The lowest BCUT2D eigenvalue weighted by atomic mass is 10.2. The summed E-state index contributed by atoms with van der Waals surface area (Å²) in [5.41, 5.74) is 0.628. The highest BCUT2D eigenvalue weighted by molar-refractivity contribution is 7.99. The number of benzene rings is 1. The molecule has 0 radical (unpaired) electrons. The highest BCUT2D eigenvalue weighted by Gasteiger charge is 2.29. The van der Waals surface area contributed by atoms with Gasteiger partial charge in [-0.15, -0.1) is 0 Å². The number of amides is 2. The molecule has 1 saturated carbocycles.